The predicted molar refractivity (Wildman–Crippen MR) is 82.8 cm³/mol. The largest absolute Gasteiger partial charge is 0.507 e. The Morgan fingerprint density at radius 3 is 2.71 bits per heavy atom. The molecule has 21 heavy (non-hydrogen) atoms. The molecule has 1 aliphatic rings. The van der Waals surface area contributed by atoms with E-state index in [1.807, 2.05) is 24.3 Å². The van der Waals surface area contributed by atoms with Crippen LogP contribution in [0, 0.1) is 0 Å². The van der Waals surface area contributed by atoms with E-state index in [2.05, 4.69) is 6.58 Å². The number of phenols is 1. The van der Waals surface area contributed by atoms with Gasteiger partial charge in [-0.15, -0.1) is 0 Å². The lowest BCUT2D eigenvalue weighted by atomic mass is 9.90. The summed E-state index contributed by atoms with van der Waals surface area (Å²) in [6.07, 6.45) is 3.93. The third kappa shape index (κ3) is 2.30. The fraction of sp³-hybridized carbons (Fsp3) is 0.118. The minimum atomic E-state index is -0.529. The number of allylic oxidation sites excluding steroid dienone is 2. The Morgan fingerprint density at radius 1 is 1.29 bits per heavy atom. The molecule has 2 aromatic carbocycles. The van der Waals surface area contributed by atoms with Crippen molar-refractivity contribution in [3.63, 3.8) is 0 Å². The third-order valence-corrected chi connectivity index (χ3v) is 3.88. The molecule has 0 bridgehead atoms. The Labute approximate surface area is 127 Å². The first-order valence-electron chi connectivity index (χ1n) is 6.56. The van der Waals surface area contributed by atoms with Crippen LogP contribution in [0.2, 0.25) is 0 Å². The van der Waals surface area contributed by atoms with E-state index in [-0.39, 0.29) is 5.75 Å². The Balaban J connectivity index is 2.32. The molecule has 4 heteroatoms. The molecular formula is C17H13ClO3. The molecule has 1 aliphatic carbocycles. The monoisotopic (exact) mass is 300 g/mol. The zero-order chi connectivity index (χ0) is 15.0. The normalized spacial score (nSPS) is 13.5. The predicted octanol–water partition coefficient (Wildman–Crippen LogP) is 3.86. The van der Waals surface area contributed by atoms with Crippen LogP contribution in [0.5, 0.6) is 11.5 Å². The lowest BCUT2D eigenvalue weighted by Crippen LogP contribution is -2.10. The second-order valence-corrected chi connectivity index (χ2v) is 5.32. The van der Waals surface area contributed by atoms with E-state index in [0.717, 1.165) is 17.2 Å². The number of ether oxygens (including phenoxy) is 1. The second-order valence-electron chi connectivity index (χ2n) is 4.84. The minimum absolute atomic E-state index is 0.222. The minimum Gasteiger partial charge on any atom is -0.507 e. The maximum absolute atomic E-state index is 11.6. The molecule has 0 saturated heterocycles. The van der Waals surface area contributed by atoms with Crippen LogP contribution in [-0.4, -0.2) is 11.1 Å². The van der Waals surface area contributed by atoms with Gasteiger partial charge in [-0.3, -0.25) is 0 Å². The van der Waals surface area contributed by atoms with Gasteiger partial charge in [0, 0.05) is 39.4 Å². The first kappa shape index (κ1) is 13.7. The van der Waals surface area contributed by atoms with Crippen LogP contribution in [0.25, 0.3) is 10.8 Å². The van der Waals surface area contributed by atoms with Gasteiger partial charge in [0.15, 0.2) is 0 Å². The molecule has 0 heterocycles. The van der Waals surface area contributed by atoms with Crippen LogP contribution in [0.3, 0.4) is 0 Å². The smallest absolute Gasteiger partial charge is 0.335 e. The number of rotatable bonds is 2. The summed E-state index contributed by atoms with van der Waals surface area (Å²) >= 11 is 6.11. The van der Waals surface area contributed by atoms with Crippen LogP contribution in [0.1, 0.15) is 11.1 Å². The van der Waals surface area contributed by atoms with Gasteiger partial charge in [0.2, 0.25) is 0 Å². The quantitative estimate of drug-likeness (QED) is 0.520. The number of benzene rings is 2. The number of phenolic OH excluding ortho intramolecular Hbond substituents is 1. The van der Waals surface area contributed by atoms with E-state index in [1.54, 1.807) is 6.07 Å². The number of carbonyl (C=O) groups excluding carboxylic acids is 1. The highest BCUT2D eigenvalue weighted by atomic mass is 35.5. The summed E-state index contributed by atoms with van der Waals surface area (Å²) < 4.78 is 5.42. The van der Waals surface area contributed by atoms with Gasteiger partial charge in [-0.1, -0.05) is 48.5 Å². The lowest BCUT2D eigenvalue weighted by Gasteiger charge is -2.21. The summed E-state index contributed by atoms with van der Waals surface area (Å²) in [6, 6.07) is 7.28. The number of aromatic hydroxyl groups is 1. The van der Waals surface area contributed by atoms with Crippen LogP contribution >= 0.6 is 11.6 Å². The molecule has 0 atom stereocenters. The third-order valence-electron chi connectivity index (χ3n) is 3.59. The van der Waals surface area contributed by atoms with Crippen LogP contribution in [0.15, 0.2) is 48.0 Å². The molecule has 0 saturated carbocycles. The van der Waals surface area contributed by atoms with Crippen molar-refractivity contribution in [1.82, 2.24) is 0 Å². The highest BCUT2D eigenvalue weighted by molar-refractivity contribution is 6.30. The molecule has 0 spiro atoms. The van der Waals surface area contributed by atoms with Gasteiger partial charge >= 0.3 is 5.97 Å². The zero-order valence-electron chi connectivity index (χ0n) is 11.2. The van der Waals surface area contributed by atoms with Gasteiger partial charge in [0.25, 0.3) is 0 Å². The van der Waals surface area contributed by atoms with Crippen molar-refractivity contribution in [2.75, 3.05) is 0 Å². The standard InChI is InChI=1S/C17H13ClO3/c1-2-15(19)21-17-13-6-4-3-5-11(13)16(20)12-8-7-10(18)9-14(12)17/h2-7,20H,1,8-9H2. The molecule has 2 aromatic rings. The zero-order valence-corrected chi connectivity index (χ0v) is 12.0. The lowest BCUT2D eigenvalue weighted by molar-refractivity contribution is -0.128. The maximum atomic E-state index is 11.6. The summed E-state index contributed by atoms with van der Waals surface area (Å²) in [7, 11) is 0. The number of esters is 1. The Bertz CT molecular complexity index is 790. The summed E-state index contributed by atoms with van der Waals surface area (Å²) in [5.74, 6) is 0.146. The van der Waals surface area contributed by atoms with Crippen LogP contribution < -0.4 is 4.74 Å². The van der Waals surface area contributed by atoms with E-state index in [0.29, 0.717) is 34.4 Å². The summed E-state index contributed by atoms with van der Waals surface area (Å²) in [5, 5.41) is 12.5. The average Bonchev–Trinajstić information content (AvgIpc) is 2.51. The molecular weight excluding hydrogens is 288 g/mol. The highest BCUT2D eigenvalue weighted by Gasteiger charge is 2.23. The van der Waals surface area contributed by atoms with Gasteiger partial charge in [-0.25, -0.2) is 4.79 Å². The Hall–Kier alpha value is -2.26. The maximum Gasteiger partial charge on any atom is 0.335 e. The van der Waals surface area contributed by atoms with E-state index in [9.17, 15) is 9.90 Å². The van der Waals surface area contributed by atoms with Crippen molar-refractivity contribution >= 4 is 28.3 Å². The number of hydrogen-bond donors (Lipinski definition) is 1. The van der Waals surface area contributed by atoms with E-state index >= 15 is 0 Å². The van der Waals surface area contributed by atoms with Gasteiger partial charge in [0.05, 0.1) is 0 Å². The molecule has 0 unspecified atom stereocenters. The molecule has 0 aliphatic heterocycles. The topological polar surface area (TPSA) is 46.5 Å². The average molecular weight is 301 g/mol. The molecule has 0 amide bonds. The fourth-order valence-electron chi connectivity index (χ4n) is 2.61. The molecule has 106 valence electrons. The Morgan fingerprint density at radius 2 is 2.00 bits per heavy atom. The van der Waals surface area contributed by atoms with E-state index in [4.69, 9.17) is 16.3 Å². The summed E-state index contributed by atoms with van der Waals surface area (Å²) in [6.45, 7) is 3.42. The van der Waals surface area contributed by atoms with Crippen LogP contribution in [-0.2, 0) is 17.6 Å². The Kier molecular flexibility index (Phi) is 3.43. The van der Waals surface area contributed by atoms with E-state index in [1.165, 1.54) is 0 Å². The van der Waals surface area contributed by atoms with Crippen molar-refractivity contribution < 1.29 is 14.6 Å². The second kappa shape index (κ2) is 5.26. The van der Waals surface area contributed by atoms with Gasteiger partial charge in [-0.2, -0.15) is 0 Å². The van der Waals surface area contributed by atoms with Gasteiger partial charge in [0.1, 0.15) is 11.5 Å². The molecule has 3 rings (SSSR count). The molecule has 0 aromatic heterocycles. The number of hydrogen-bond acceptors (Lipinski definition) is 3. The molecule has 0 fully saturated rings. The van der Waals surface area contributed by atoms with Gasteiger partial charge < -0.3 is 9.84 Å². The van der Waals surface area contributed by atoms with Crippen molar-refractivity contribution in [3.8, 4) is 11.5 Å². The van der Waals surface area contributed by atoms with Crippen molar-refractivity contribution in [2.45, 2.75) is 12.8 Å². The van der Waals surface area contributed by atoms with Crippen molar-refractivity contribution in [1.29, 1.82) is 0 Å². The molecule has 3 nitrogen and oxygen atoms in total. The molecule has 1 N–H and O–H groups in total. The van der Waals surface area contributed by atoms with Crippen LogP contribution in [0.4, 0.5) is 0 Å². The number of halogens is 1. The first-order chi connectivity index (χ1) is 10.1. The van der Waals surface area contributed by atoms with Crippen molar-refractivity contribution in [3.05, 3.63) is 59.2 Å². The summed E-state index contributed by atoms with van der Waals surface area (Å²) in [5.41, 5.74) is 1.51. The van der Waals surface area contributed by atoms with Crippen molar-refractivity contribution in [2.24, 2.45) is 0 Å². The van der Waals surface area contributed by atoms with E-state index < -0.39 is 5.97 Å². The highest BCUT2D eigenvalue weighted by Crippen LogP contribution is 2.43. The number of carbonyl (C=O) groups is 1. The summed E-state index contributed by atoms with van der Waals surface area (Å²) in [4.78, 5) is 11.6. The number of fused-ring (bicyclic) bond motifs is 2. The SMILES string of the molecule is C=CC(=O)Oc1c2c(c(O)c3ccccc13)CC=C(Cl)C2. The first-order valence-corrected chi connectivity index (χ1v) is 6.93. The fourth-order valence-corrected chi connectivity index (χ4v) is 2.82. The molecule has 0 radical (unpaired) electrons. The van der Waals surface area contributed by atoms with Gasteiger partial charge in [-0.05, 0) is 6.42 Å².